The van der Waals surface area contributed by atoms with Gasteiger partial charge in [0.1, 0.15) is 15.5 Å². The highest BCUT2D eigenvalue weighted by Gasteiger charge is 2.32. The van der Waals surface area contributed by atoms with Crippen molar-refractivity contribution < 1.29 is 14.3 Å². The second-order valence-corrected chi connectivity index (χ2v) is 10.6. The minimum atomic E-state index is -0.334. The van der Waals surface area contributed by atoms with E-state index in [4.69, 9.17) is 21.7 Å². The van der Waals surface area contributed by atoms with Crippen LogP contribution in [0, 0.1) is 6.92 Å². The molecule has 3 heterocycles. The fourth-order valence-corrected chi connectivity index (χ4v) is 5.47. The molecule has 1 fully saturated rings. The van der Waals surface area contributed by atoms with Gasteiger partial charge in [-0.2, -0.15) is 4.98 Å². The van der Waals surface area contributed by atoms with Gasteiger partial charge in [0.2, 0.25) is 5.88 Å². The summed E-state index contributed by atoms with van der Waals surface area (Å²) in [5.41, 5.74) is 1.14. The van der Waals surface area contributed by atoms with Crippen LogP contribution in [0.15, 0.2) is 52.3 Å². The van der Waals surface area contributed by atoms with Crippen LogP contribution < -0.4 is 15.0 Å². The first kappa shape index (κ1) is 26.9. The average molecular weight is 538 g/mol. The lowest BCUT2D eigenvalue weighted by atomic mass is 10.1. The Morgan fingerprint density at radius 1 is 1.03 bits per heavy atom. The van der Waals surface area contributed by atoms with Gasteiger partial charge in [-0.25, -0.2) is 0 Å². The molecular weight excluding hydrogens is 506 g/mol. The lowest BCUT2D eigenvalue weighted by molar-refractivity contribution is -0.122. The third-order valence-corrected chi connectivity index (χ3v) is 7.59. The molecule has 1 aliphatic heterocycles. The number of methoxy groups -OCH3 is 1. The minimum Gasteiger partial charge on any atom is -0.493 e. The molecule has 37 heavy (non-hydrogen) atoms. The van der Waals surface area contributed by atoms with Crippen molar-refractivity contribution in [2.75, 3.05) is 13.7 Å². The number of nitrogens with zero attached hydrogens (tertiary/aromatic N) is 3. The lowest BCUT2D eigenvalue weighted by Crippen LogP contribution is -2.29. The maximum absolute atomic E-state index is 13.6. The molecule has 7 nitrogen and oxygen atoms in total. The van der Waals surface area contributed by atoms with E-state index in [-0.39, 0.29) is 22.9 Å². The molecule has 0 N–H and O–H groups in total. The van der Waals surface area contributed by atoms with Crippen LogP contribution in [-0.4, -0.2) is 38.2 Å². The predicted molar refractivity (Wildman–Crippen MR) is 153 cm³/mol. The van der Waals surface area contributed by atoms with Gasteiger partial charge < -0.3 is 9.47 Å². The summed E-state index contributed by atoms with van der Waals surface area (Å²) in [6.45, 7) is 4.64. The smallest absolute Gasteiger partial charge is 0.269 e. The summed E-state index contributed by atoms with van der Waals surface area (Å²) < 4.78 is 13.5. The summed E-state index contributed by atoms with van der Waals surface area (Å²) in [4.78, 5) is 33.5. The molecule has 0 radical (unpaired) electrons. The van der Waals surface area contributed by atoms with Crippen molar-refractivity contribution in [2.24, 2.45) is 0 Å². The Balaban J connectivity index is 1.68. The highest BCUT2D eigenvalue weighted by Crippen LogP contribution is 2.36. The zero-order valence-electron chi connectivity index (χ0n) is 21.4. The normalized spacial score (nSPS) is 14.7. The molecule has 2 aromatic heterocycles. The molecule has 0 saturated carbocycles. The number of rotatable bonds is 11. The zero-order valence-corrected chi connectivity index (χ0v) is 23.0. The number of thiocarbonyl (C=S) groups is 1. The topological polar surface area (TPSA) is 73.1 Å². The van der Waals surface area contributed by atoms with Crippen LogP contribution in [0.3, 0.4) is 0 Å². The number of hydrogen-bond donors (Lipinski definition) is 0. The van der Waals surface area contributed by atoms with Gasteiger partial charge in [0.05, 0.1) is 12.0 Å². The predicted octanol–water partition coefficient (Wildman–Crippen LogP) is 6.37. The largest absolute Gasteiger partial charge is 0.493 e. The number of unbranched alkanes of at least 4 members (excludes halogenated alkanes) is 5. The summed E-state index contributed by atoms with van der Waals surface area (Å²) in [6, 6.07) is 10.8. The van der Waals surface area contributed by atoms with E-state index < -0.39 is 0 Å². The average Bonchev–Trinajstić information content (AvgIpc) is 3.16. The maximum Gasteiger partial charge on any atom is 0.269 e. The van der Waals surface area contributed by atoms with Crippen LogP contribution in [0.25, 0.3) is 11.7 Å². The highest BCUT2D eigenvalue weighted by atomic mass is 32.2. The number of fused-ring (bicyclic) bond motifs is 1. The molecule has 1 saturated heterocycles. The minimum absolute atomic E-state index is 0.102. The van der Waals surface area contributed by atoms with E-state index in [9.17, 15) is 9.59 Å². The fraction of sp³-hybridized carbons (Fsp3) is 0.357. The Morgan fingerprint density at radius 2 is 1.76 bits per heavy atom. The first-order valence-electron chi connectivity index (χ1n) is 12.5. The standard InChI is InChI=1S/C28H31N3O4S2/c1-4-5-6-7-8-11-16-31-27(33)23(37-28(31)36)18-20-25(35-22-15-10-9-14-21(22)34-3)29-24-19(2)13-12-17-30(24)26(20)32/h9-10,12-15,17-18H,4-8,11,16H2,1-3H3/b23-18+. The molecule has 1 amide bonds. The maximum atomic E-state index is 13.6. The summed E-state index contributed by atoms with van der Waals surface area (Å²) >= 11 is 6.71. The van der Waals surface area contributed by atoms with Crippen molar-refractivity contribution in [2.45, 2.75) is 52.4 Å². The monoisotopic (exact) mass is 537 g/mol. The second kappa shape index (κ2) is 12.4. The van der Waals surface area contributed by atoms with Crippen molar-refractivity contribution >= 4 is 45.9 Å². The molecule has 1 aromatic carbocycles. The van der Waals surface area contributed by atoms with Crippen LogP contribution in [0.5, 0.6) is 17.4 Å². The summed E-state index contributed by atoms with van der Waals surface area (Å²) in [5.74, 6) is 0.830. The molecule has 1 aliphatic rings. The van der Waals surface area contributed by atoms with Crippen LogP contribution in [0.2, 0.25) is 0 Å². The van der Waals surface area contributed by atoms with E-state index in [0.717, 1.165) is 24.8 Å². The number of aromatic nitrogens is 2. The molecule has 3 aromatic rings. The molecule has 4 rings (SSSR count). The molecule has 0 spiro atoms. The summed E-state index contributed by atoms with van der Waals surface area (Å²) in [5, 5.41) is 0. The van der Waals surface area contributed by atoms with E-state index in [1.165, 1.54) is 35.4 Å². The van der Waals surface area contributed by atoms with Crippen molar-refractivity contribution in [3.05, 3.63) is 69.0 Å². The molecule has 9 heteroatoms. The number of thioether (sulfide) groups is 1. The van der Waals surface area contributed by atoms with Crippen molar-refractivity contribution in [1.29, 1.82) is 0 Å². The van der Waals surface area contributed by atoms with E-state index in [1.54, 1.807) is 42.5 Å². The third kappa shape index (κ3) is 6.05. The van der Waals surface area contributed by atoms with E-state index in [2.05, 4.69) is 11.9 Å². The first-order valence-corrected chi connectivity index (χ1v) is 13.7. The number of benzene rings is 1. The van der Waals surface area contributed by atoms with Crippen LogP contribution >= 0.6 is 24.0 Å². The third-order valence-electron chi connectivity index (χ3n) is 6.21. The summed E-state index contributed by atoms with van der Waals surface area (Å²) in [7, 11) is 1.55. The number of ether oxygens (including phenoxy) is 2. The van der Waals surface area contributed by atoms with E-state index in [0.29, 0.717) is 32.9 Å². The Bertz CT molecular complexity index is 1400. The summed E-state index contributed by atoms with van der Waals surface area (Å²) in [6.07, 6.45) is 9.96. The Hall–Kier alpha value is -3.17. The van der Waals surface area contributed by atoms with Gasteiger partial charge in [-0.15, -0.1) is 0 Å². The van der Waals surface area contributed by atoms with Crippen LogP contribution in [-0.2, 0) is 4.79 Å². The highest BCUT2D eigenvalue weighted by molar-refractivity contribution is 8.26. The van der Waals surface area contributed by atoms with Gasteiger partial charge in [0, 0.05) is 12.7 Å². The number of aryl methyl sites for hydroxylation is 1. The van der Waals surface area contributed by atoms with Gasteiger partial charge in [0.15, 0.2) is 11.5 Å². The zero-order chi connectivity index (χ0) is 26.4. The van der Waals surface area contributed by atoms with E-state index >= 15 is 0 Å². The van der Waals surface area contributed by atoms with Crippen molar-refractivity contribution in [1.82, 2.24) is 14.3 Å². The van der Waals surface area contributed by atoms with Gasteiger partial charge >= 0.3 is 0 Å². The quantitative estimate of drug-likeness (QED) is 0.160. The van der Waals surface area contributed by atoms with E-state index in [1.807, 2.05) is 25.1 Å². The van der Waals surface area contributed by atoms with Crippen molar-refractivity contribution in [3.63, 3.8) is 0 Å². The SMILES string of the molecule is CCCCCCCCN1C(=O)/C(=C\c2c(Oc3ccccc3OC)nc3c(C)cccn3c2=O)SC1=S. The lowest BCUT2D eigenvalue weighted by Gasteiger charge is -2.14. The van der Waals surface area contributed by atoms with Gasteiger partial charge in [-0.05, 0) is 43.2 Å². The number of pyridine rings is 1. The molecule has 0 unspecified atom stereocenters. The Morgan fingerprint density at radius 3 is 2.51 bits per heavy atom. The van der Waals surface area contributed by atoms with Gasteiger partial charge in [-0.1, -0.05) is 81.2 Å². The van der Waals surface area contributed by atoms with Gasteiger partial charge in [-0.3, -0.25) is 18.9 Å². The molecule has 194 valence electrons. The number of carbonyl (C=O) groups is 1. The molecule has 0 bridgehead atoms. The number of amides is 1. The van der Waals surface area contributed by atoms with Crippen LogP contribution in [0.1, 0.15) is 56.6 Å². The first-order chi connectivity index (χ1) is 17.9. The van der Waals surface area contributed by atoms with Crippen molar-refractivity contribution in [3.8, 4) is 17.4 Å². The number of carbonyl (C=O) groups excluding carboxylic acids is 1. The number of hydrogen-bond acceptors (Lipinski definition) is 7. The number of para-hydroxylation sites is 2. The molecular formula is C28H31N3O4S2. The van der Waals surface area contributed by atoms with Crippen LogP contribution in [0.4, 0.5) is 0 Å². The second-order valence-electron chi connectivity index (χ2n) is 8.87. The molecule has 0 aliphatic carbocycles. The Kier molecular flexibility index (Phi) is 9.00. The Labute approximate surface area is 226 Å². The fourth-order valence-electron chi connectivity index (χ4n) is 4.17. The van der Waals surface area contributed by atoms with Gasteiger partial charge in [0.25, 0.3) is 11.5 Å². The molecule has 0 atom stereocenters.